The van der Waals surface area contributed by atoms with Crippen molar-refractivity contribution in [3.05, 3.63) is 65.2 Å². The number of hydrogen-bond acceptors (Lipinski definition) is 7. The molecular formula is C23H22N2O5S2. The third kappa shape index (κ3) is 5.12. The van der Waals surface area contributed by atoms with Crippen molar-refractivity contribution < 1.29 is 22.7 Å². The van der Waals surface area contributed by atoms with Gasteiger partial charge in [-0.25, -0.2) is 18.2 Å². The van der Waals surface area contributed by atoms with E-state index < -0.39 is 28.4 Å². The first-order valence-electron chi connectivity index (χ1n) is 10.3. The molecule has 0 unspecified atom stereocenters. The van der Waals surface area contributed by atoms with Crippen molar-refractivity contribution in [2.45, 2.75) is 24.2 Å². The van der Waals surface area contributed by atoms with Crippen LogP contribution in [-0.2, 0) is 19.6 Å². The Kier molecular flexibility index (Phi) is 6.78. The first-order valence-corrected chi connectivity index (χ1v) is 12.5. The zero-order valence-corrected chi connectivity index (χ0v) is 18.9. The Morgan fingerprint density at radius 3 is 2.47 bits per heavy atom. The summed E-state index contributed by atoms with van der Waals surface area (Å²) in [7, 11) is -3.55. The maximum atomic E-state index is 12.7. The van der Waals surface area contributed by atoms with Crippen molar-refractivity contribution in [2.24, 2.45) is 0 Å². The average molecular weight is 471 g/mol. The molecule has 9 heteroatoms. The lowest BCUT2D eigenvalue weighted by Crippen LogP contribution is -2.35. The van der Waals surface area contributed by atoms with Gasteiger partial charge in [-0.05, 0) is 55.3 Å². The van der Waals surface area contributed by atoms with E-state index in [1.165, 1.54) is 46.0 Å². The molecule has 0 radical (unpaired) electrons. The van der Waals surface area contributed by atoms with Gasteiger partial charge in [0, 0.05) is 24.7 Å². The second-order valence-corrected chi connectivity index (χ2v) is 10.4. The van der Waals surface area contributed by atoms with E-state index in [9.17, 15) is 18.0 Å². The maximum Gasteiger partial charge on any atom is 0.331 e. The SMILES string of the molecule is O=C(C=Cc1nc2ccccc2s1)OCC(=O)c1ccc(S(=O)(=O)N2CCCCC2)cc1. The molecule has 3 aromatic rings. The van der Waals surface area contributed by atoms with Crippen molar-refractivity contribution in [2.75, 3.05) is 19.7 Å². The van der Waals surface area contributed by atoms with Gasteiger partial charge in [0.25, 0.3) is 0 Å². The zero-order chi connectivity index (χ0) is 22.6. The fourth-order valence-corrected chi connectivity index (χ4v) is 5.82. The van der Waals surface area contributed by atoms with Crippen LogP contribution in [0.4, 0.5) is 0 Å². The molecule has 0 amide bonds. The molecular weight excluding hydrogens is 448 g/mol. The molecule has 0 aliphatic carbocycles. The fourth-order valence-electron chi connectivity index (χ4n) is 3.44. The predicted molar refractivity (Wildman–Crippen MR) is 123 cm³/mol. The monoisotopic (exact) mass is 470 g/mol. The summed E-state index contributed by atoms with van der Waals surface area (Å²) in [5, 5.41) is 0.667. The highest BCUT2D eigenvalue weighted by Crippen LogP contribution is 2.23. The number of piperidine rings is 1. The predicted octanol–water partition coefficient (Wildman–Crippen LogP) is 3.91. The average Bonchev–Trinajstić information content (AvgIpc) is 3.25. The van der Waals surface area contributed by atoms with Crippen LogP contribution in [0.5, 0.6) is 0 Å². The number of benzene rings is 2. The van der Waals surface area contributed by atoms with Gasteiger partial charge in [-0.3, -0.25) is 4.79 Å². The number of thiazole rings is 1. The van der Waals surface area contributed by atoms with Crippen LogP contribution in [0.2, 0.25) is 0 Å². The summed E-state index contributed by atoms with van der Waals surface area (Å²) < 4.78 is 32.9. The lowest BCUT2D eigenvalue weighted by atomic mass is 10.1. The largest absolute Gasteiger partial charge is 0.454 e. The van der Waals surface area contributed by atoms with E-state index in [4.69, 9.17) is 4.74 Å². The molecule has 1 aliphatic heterocycles. The minimum atomic E-state index is -3.55. The normalized spacial score (nSPS) is 15.2. The second kappa shape index (κ2) is 9.72. The van der Waals surface area contributed by atoms with Crippen molar-refractivity contribution in [1.29, 1.82) is 0 Å². The van der Waals surface area contributed by atoms with Gasteiger partial charge >= 0.3 is 5.97 Å². The molecule has 2 aromatic carbocycles. The third-order valence-electron chi connectivity index (χ3n) is 5.15. The van der Waals surface area contributed by atoms with E-state index in [1.54, 1.807) is 6.08 Å². The van der Waals surface area contributed by atoms with Crippen LogP contribution >= 0.6 is 11.3 Å². The number of esters is 1. The molecule has 32 heavy (non-hydrogen) atoms. The van der Waals surface area contributed by atoms with Crippen LogP contribution in [0.25, 0.3) is 16.3 Å². The van der Waals surface area contributed by atoms with Crippen LogP contribution in [-0.4, -0.2) is 49.2 Å². The summed E-state index contributed by atoms with van der Waals surface area (Å²) in [5.41, 5.74) is 1.14. The van der Waals surface area contributed by atoms with Crippen molar-refractivity contribution in [1.82, 2.24) is 9.29 Å². The van der Waals surface area contributed by atoms with Crippen molar-refractivity contribution in [3.63, 3.8) is 0 Å². The van der Waals surface area contributed by atoms with Crippen LogP contribution in [0.3, 0.4) is 0 Å². The minimum Gasteiger partial charge on any atom is -0.454 e. The Labute approximate surface area is 190 Å². The number of carbonyl (C=O) groups is 2. The zero-order valence-electron chi connectivity index (χ0n) is 17.3. The molecule has 1 aromatic heterocycles. The molecule has 4 rings (SSSR count). The summed E-state index contributed by atoms with van der Waals surface area (Å²) in [4.78, 5) is 28.8. The maximum absolute atomic E-state index is 12.7. The highest BCUT2D eigenvalue weighted by Gasteiger charge is 2.26. The van der Waals surface area contributed by atoms with Gasteiger partial charge in [0.15, 0.2) is 12.4 Å². The van der Waals surface area contributed by atoms with Gasteiger partial charge in [0.05, 0.1) is 15.1 Å². The highest BCUT2D eigenvalue weighted by molar-refractivity contribution is 7.89. The van der Waals surface area contributed by atoms with E-state index in [1.807, 2.05) is 24.3 Å². The van der Waals surface area contributed by atoms with E-state index in [-0.39, 0.29) is 10.5 Å². The van der Waals surface area contributed by atoms with Gasteiger partial charge in [-0.2, -0.15) is 4.31 Å². The molecule has 0 spiro atoms. The smallest absolute Gasteiger partial charge is 0.331 e. The number of ketones is 1. The topological polar surface area (TPSA) is 93.6 Å². The Morgan fingerprint density at radius 1 is 1.03 bits per heavy atom. The number of carbonyl (C=O) groups excluding carboxylic acids is 2. The number of fused-ring (bicyclic) bond motifs is 1. The number of rotatable bonds is 7. The number of Topliss-reactive ketones (excluding diaryl/α,β-unsaturated/α-hetero) is 1. The van der Waals surface area contributed by atoms with E-state index in [2.05, 4.69) is 4.98 Å². The standard InChI is InChI=1S/C23H22N2O5S2/c26-20(16-30-23(27)13-12-22-24-19-6-2-3-7-21(19)31-22)17-8-10-18(11-9-17)32(28,29)25-14-4-1-5-15-25/h2-3,6-13H,1,4-5,14-16H2. The molecule has 0 atom stereocenters. The first kappa shape index (κ1) is 22.3. The molecule has 7 nitrogen and oxygen atoms in total. The van der Waals surface area contributed by atoms with Crippen LogP contribution in [0.15, 0.2) is 59.5 Å². The first-order chi connectivity index (χ1) is 15.4. The lowest BCUT2D eigenvalue weighted by Gasteiger charge is -2.25. The quantitative estimate of drug-likeness (QED) is 0.295. The molecule has 2 heterocycles. The minimum absolute atomic E-state index is 0.159. The second-order valence-electron chi connectivity index (χ2n) is 7.37. The van der Waals surface area contributed by atoms with Crippen LogP contribution < -0.4 is 0 Å². The van der Waals surface area contributed by atoms with Gasteiger partial charge in [0.1, 0.15) is 5.01 Å². The fraction of sp³-hybridized carbons (Fsp3) is 0.261. The number of aromatic nitrogens is 1. The van der Waals surface area contributed by atoms with Gasteiger partial charge in [-0.15, -0.1) is 11.3 Å². The Hall–Kier alpha value is -2.88. The third-order valence-corrected chi connectivity index (χ3v) is 8.06. The summed E-state index contributed by atoms with van der Waals surface area (Å²) in [5.74, 6) is -1.06. The van der Waals surface area contributed by atoms with Crippen LogP contribution in [0, 0.1) is 0 Å². The Bertz CT molecular complexity index is 1220. The molecule has 0 bridgehead atoms. The number of ether oxygens (including phenoxy) is 1. The molecule has 0 saturated carbocycles. The molecule has 1 fully saturated rings. The number of para-hydroxylation sites is 1. The number of sulfonamides is 1. The van der Waals surface area contributed by atoms with Crippen molar-refractivity contribution in [3.8, 4) is 0 Å². The van der Waals surface area contributed by atoms with Crippen molar-refractivity contribution >= 4 is 49.4 Å². The number of hydrogen-bond donors (Lipinski definition) is 0. The molecule has 0 N–H and O–H groups in total. The van der Waals surface area contributed by atoms with E-state index in [0.29, 0.717) is 18.1 Å². The Morgan fingerprint density at radius 2 is 1.75 bits per heavy atom. The summed E-state index contributed by atoms with van der Waals surface area (Å²) in [6, 6.07) is 13.4. The number of nitrogens with zero attached hydrogens (tertiary/aromatic N) is 2. The summed E-state index contributed by atoms with van der Waals surface area (Å²) >= 11 is 1.45. The summed E-state index contributed by atoms with van der Waals surface area (Å²) in [6.45, 7) is 0.605. The lowest BCUT2D eigenvalue weighted by molar-refractivity contribution is -0.136. The van der Waals surface area contributed by atoms with E-state index in [0.717, 1.165) is 29.5 Å². The molecule has 1 saturated heterocycles. The van der Waals surface area contributed by atoms with Gasteiger partial charge in [-0.1, -0.05) is 18.6 Å². The van der Waals surface area contributed by atoms with E-state index >= 15 is 0 Å². The van der Waals surface area contributed by atoms with Gasteiger partial charge < -0.3 is 4.74 Å². The molecule has 1 aliphatic rings. The van der Waals surface area contributed by atoms with Gasteiger partial charge in [0.2, 0.25) is 10.0 Å². The molecule has 166 valence electrons. The Balaban J connectivity index is 1.33. The summed E-state index contributed by atoms with van der Waals surface area (Å²) in [6.07, 6.45) is 5.54. The highest BCUT2D eigenvalue weighted by atomic mass is 32.2. The van der Waals surface area contributed by atoms with Crippen LogP contribution in [0.1, 0.15) is 34.6 Å².